The number of likely N-dealkylation sites (tertiary alicyclic amines) is 1. The third-order valence-electron chi connectivity index (χ3n) is 6.64. The number of nitrogens with one attached hydrogen (secondary N) is 2. The van der Waals surface area contributed by atoms with Crippen molar-refractivity contribution in [3.05, 3.63) is 64.0 Å². The van der Waals surface area contributed by atoms with E-state index in [9.17, 15) is 9.59 Å². The van der Waals surface area contributed by atoms with Gasteiger partial charge in [-0.1, -0.05) is 23.4 Å². The summed E-state index contributed by atoms with van der Waals surface area (Å²) in [7, 11) is 0. The number of carbonyl (C=O) groups is 1. The summed E-state index contributed by atoms with van der Waals surface area (Å²) in [5, 5.41) is 19.2. The van der Waals surface area contributed by atoms with Crippen LogP contribution in [0.2, 0.25) is 0 Å². The van der Waals surface area contributed by atoms with E-state index < -0.39 is 5.97 Å². The Balaban J connectivity index is 1.49. The second-order valence-electron chi connectivity index (χ2n) is 9.35. The number of nitrogens with zero attached hydrogens (tertiary/aromatic N) is 4. The number of H-pyrrole nitrogens is 2. The van der Waals surface area contributed by atoms with E-state index in [0.717, 1.165) is 47.7 Å². The summed E-state index contributed by atoms with van der Waals surface area (Å²) in [4.78, 5) is 33.3. The van der Waals surface area contributed by atoms with Crippen LogP contribution < -0.4 is 10.3 Å². The Kier molecular flexibility index (Phi) is 7.60. The van der Waals surface area contributed by atoms with Crippen LogP contribution in [0.15, 0.2) is 47.3 Å². The molecule has 38 heavy (non-hydrogen) atoms. The standard InChI is InChI=1S/C28H30N6O4/c1-2-38-23-17-20(8-9-22(23)26-29-27-25(28(37)30-26)31-33-32-27)21-15-18(6-5-13-34-11-3-4-12-34)14-19(16-21)7-10-24(35)36/h7-10,14-17H,2-6,11-13H2,1H3,(H,35,36)(H2,29,30,31,32,33,37)/b10-7+. The zero-order chi connectivity index (χ0) is 26.5. The average molecular weight is 515 g/mol. The van der Waals surface area contributed by atoms with Crippen molar-refractivity contribution >= 4 is 23.2 Å². The molecule has 0 aliphatic carbocycles. The van der Waals surface area contributed by atoms with Crippen molar-refractivity contribution in [2.45, 2.75) is 32.6 Å². The summed E-state index contributed by atoms with van der Waals surface area (Å²) in [6, 6.07) is 11.9. The Morgan fingerprint density at radius 3 is 2.79 bits per heavy atom. The molecule has 0 bridgehead atoms. The van der Waals surface area contributed by atoms with Gasteiger partial charge in [0.05, 0.1) is 12.2 Å². The number of carboxylic acids is 1. The lowest BCUT2D eigenvalue weighted by molar-refractivity contribution is -0.131. The van der Waals surface area contributed by atoms with Crippen LogP contribution in [-0.4, -0.2) is 67.6 Å². The molecule has 1 aliphatic heterocycles. The van der Waals surface area contributed by atoms with Crippen molar-refractivity contribution < 1.29 is 14.6 Å². The predicted octanol–water partition coefficient (Wildman–Crippen LogP) is 3.90. The summed E-state index contributed by atoms with van der Waals surface area (Å²) in [5.74, 6) is -0.0637. The summed E-state index contributed by atoms with van der Waals surface area (Å²) in [6.45, 7) is 5.73. The highest BCUT2D eigenvalue weighted by molar-refractivity contribution is 5.86. The minimum Gasteiger partial charge on any atom is -0.493 e. The predicted molar refractivity (Wildman–Crippen MR) is 145 cm³/mol. The van der Waals surface area contributed by atoms with Crippen LogP contribution in [0.25, 0.3) is 39.8 Å². The van der Waals surface area contributed by atoms with Gasteiger partial charge in [-0.05, 0) is 98.8 Å². The van der Waals surface area contributed by atoms with E-state index >= 15 is 0 Å². The molecule has 4 aromatic rings. The highest BCUT2D eigenvalue weighted by atomic mass is 16.5. The molecule has 0 atom stereocenters. The van der Waals surface area contributed by atoms with Crippen molar-refractivity contribution in [1.82, 2.24) is 30.3 Å². The monoisotopic (exact) mass is 514 g/mol. The molecule has 196 valence electrons. The number of aryl methyl sites for hydroxylation is 1. The first-order chi connectivity index (χ1) is 18.5. The van der Waals surface area contributed by atoms with Gasteiger partial charge in [-0.3, -0.25) is 4.79 Å². The van der Waals surface area contributed by atoms with Gasteiger partial charge in [-0.25, -0.2) is 14.9 Å². The van der Waals surface area contributed by atoms with E-state index in [1.165, 1.54) is 25.9 Å². The number of fused-ring (bicyclic) bond motifs is 1. The number of benzene rings is 2. The lowest BCUT2D eigenvalue weighted by Crippen LogP contribution is -2.20. The van der Waals surface area contributed by atoms with E-state index in [1.54, 1.807) is 6.08 Å². The molecule has 0 radical (unpaired) electrons. The Bertz CT molecular complexity index is 1530. The third-order valence-corrected chi connectivity index (χ3v) is 6.64. The molecule has 1 aliphatic rings. The number of hydrogen-bond donors (Lipinski definition) is 3. The molecular weight excluding hydrogens is 484 g/mol. The van der Waals surface area contributed by atoms with Crippen molar-refractivity contribution in [1.29, 1.82) is 0 Å². The zero-order valence-corrected chi connectivity index (χ0v) is 21.2. The van der Waals surface area contributed by atoms with E-state index in [-0.39, 0.29) is 11.1 Å². The van der Waals surface area contributed by atoms with Gasteiger partial charge >= 0.3 is 5.97 Å². The smallest absolute Gasteiger partial charge is 0.328 e. The zero-order valence-electron chi connectivity index (χ0n) is 21.2. The van der Waals surface area contributed by atoms with Gasteiger partial charge in [0, 0.05) is 6.08 Å². The molecular formula is C28H30N6O4. The maximum absolute atomic E-state index is 12.4. The second kappa shape index (κ2) is 11.4. The normalized spacial score (nSPS) is 14.0. The van der Waals surface area contributed by atoms with Gasteiger partial charge in [0.2, 0.25) is 0 Å². The lowest BCUT2D eigenvalue weighted by atomic mass is 9.96. The Hall–Kier alpha value is -4.31. The van der Waals surface area contributed by atoms with Crippen LogP contribution in [0.1, 0.15) is 37.3 Å². The van der Waals surface area contributed by atoms with Gasteiger partial charge in [-0.15, -0.1) is 5.10 Å². The first kappa shape index (κ1) is 25.3. The fourth-order valence-corrected chi connectivity index (χ4v) is 4.87. The molecule has 10 nitrogen and oxygen atoms in total. The van der Waals surface area contributed by atoms with Crippen molar-refractivity contribution in [3.63, 3.8) is 0 Å². The number of ether oxygens (including phenoxy) is 1. The van der Waals surface area contributed by atoms with Crippen molar-refractivity contribution in [2.75, 3.05) is 26.2 Å². The molecule has 3 N–H and O–H groups in total. The molecule has 1 fully saturated rings. The molecule has 2 aromatic heterocycles. The molecule has 2 aromatic carbocycles. The number of hydrogen-bond acceptors (Lipinski definition) is 7. The Morgan fingerprint density at radius 2 is 2.00 bits per heavy atom. The van der Waals surface area contributed by atoms with Gasteiger partial charge in [-0.2, -0.15) is 0 Å². The highest BCUT2D eigenvalue weighted by Gasteiger charge is 2.15. The van der Waals surface area contributed by atoms with Gasteiger partial charge < -0.3 is 19.7 Å². The number of carboxylic acid groups (broad SMARTS) is 1. The molecule has 3 heterocycles. The summed E-state index contributed by atoms with van der Waals surface area (Å²) < 4.78 is 5.95. The van der Waals surface area contributed by atoms with Crippen molar-refractivity contribution in [2.24, 2.45) is 0 Å². The molecule has 0 amide bonds. The first-order valence-electron chi connectivity index (χ1n) is 12.9. The van der Waals surface area contributed by atoms with E-state index in [1.807, 2.05) is 37.3 Å². The quantitative estimate of drug-likeness (QED) is 0.271. The van der Waals surface area contributed by atoms with Gasteiger partial charge in [0.1, 0.15) is 11.6 Å². The van der Waals surface area contributed by atoms with E-state index in [4.69, 9.17) is 9.84 Å². The maximum Gasteiger partial charge on any atom is 0.328 e. The van der Waals surface area contributed by atoms with Crippen LogP contribution in [0.4, 0.5) is 0 Å². The topological polar surface area (TPSA) is 137 Å². The molecule has 10 heteroatoms. The van der Waals surface area contributed by atoms with E-state index in [2.05, 4.69) is 36.3 Å². The average Bonchev–Trinajstić information content (AvgIpc) is 3.60. The maximum atomic E-state index is 12.4. The van der Waals surface area contributed by atoms with Crippen LogP contribution in [0, 0.1) is 0 Å². The molecule has 5 rings (SSSR count). The van der Waals surface area contributed by atoms with Crippen LogP contribution in [0.5, 0.6) is 5.75 Å². The second-order valence-corrected chi connectivity index (χ2v) is 9.35. The molecule has 0 spiro atoms. The summed E-state index contributed by atoms with van der Waals surface area (Å²) in [6.07, 6.45) is 7.26. The minimum atomic E-state index is -0.986. The van der Waals surface area contributed by atoms with Crippen LogP contribution in [0.3, 0.4) is 0 Å². The summed E-state index contributed by atoms with van der Waals surface area (Å²) in [5.41, 5.74) is 4.53. The van der Waals surface area contributed by atoms with Crippen molar-refractivity contribution in [3.8, 4) is 28.3 Å². The fraction of sp³-hybridized carbons (Fsp3) is 0.321. The fourth-order valence-electron chi connectivity index (χ4n) is 4.87. The Labute approximate surface area is 219 Å². The largest absolute Gasteiger partial charge is 0.493 e. The van der Waals surface area contributed by atoms with Gasteiger partial charge in [0.15, 0.2) is 11.2 Å². The summed E-state index contributed by atoms with van der Waals surface area (Å²) >= 11 is 0. The number of rotatable bonds is 10. The molecule has 1 saturated heterocycles. The first-order valence-corrected chi connectivity index (χ1v) is 12.9. The minimum absolute atomic E-state index is 0.145. The van der Waals surface area contributed by atoms with Crippen LogP contribution in [-0.2, 0) is 11.2 Å². The number of aromatic amines is 2. The molecule has 0 unspecified atom stereocenters. The SMILES string of the molecule is CCOc1cc(-c2cc(/C=C/C(=O)O)cc(CCCN3CCCC3)c2)ccc1-c1nc2[nH]nnc2c(=O)[nH]1. The molecule has 0 saturated carbocycles. The Morgan fingerprint density at radius 1 is 1.16 bits per heavy atom. The van der Waals surface area contributed by atoms with Gasteiger partial charge in [0.25, 0.3) is 5.56 Å². The lowest BCUT2D eigenvalue weighted by Gasteiger charge is -2.15. The third kappa shape index (κ3) is 5.81. The number of aromatic nitrogens is 5. The van der Waals surface area contributed by atoms with E-state index in [0.29, 0.717) is 29.4 Å². The van der Waals surface area contributed by atoms with Crippen LogP contribution >= 0.6 is 0 Å². The number of aliphatic carboxylic acids is 1. The highest BCUT2D eigenvalue weighted by Crippen LogP contribution is 2.34.